The van der Waals surface area contributed by atoms with Crippen LogP contribution in [0.2, 0.25) is 0 Å². The molecule has 106 valence electrons. The zero-order valence-electron chi connectivity index (χ0n) is 11.9. The average Bonchev–Trinajstić information content (AvgIpc) is 2.83. The van der Waals surface area contributed by atoms with E-state index in [4.69, 9.17) is 4.74 Å². The maximum atomic E-state index is 9.61. The van der Waals surface area contributed by atoms with Gasteiger partial charge in [0.05, 0.1) is 7.11 Å². The third-order valence-electron chi connectivity index (χ3n) is 3.39. The molecule has 3 nitrogen and oxygen atoms in total. The number of para-hydroxylation sites is 1. The normalized spacial score (nSPS) is 11.3. The predicted octanol–water partition coefficient (Wildman–Crippen LogP) is 3.61. The van der Waals surface area contributed by atoms with Crippen molar-refractivity contribution in [1.29, 1.82) is 0 Å². The lowest BCUT2D eigenvalue weighted by Crippen LogP contribution is -2.28. The molecule has 4 heteroatoms. The van der Waals surface area contributed by atoms with Crippen LogP contribution in [0.4, 0.5) is 0 Å². The standard InChI is InChI=1S/C17H15NO2S/c1-18-13-5-3-4-6-16(13)21-17(18)10-8-12-7-9-14(19)15(11-12)20-2/h3-11H,1-2H3/p+1. The molecule has 0 atom stereocenters. The van der Waals surface area contributed by atoms with Gasteiger partial charge in [0.25, 0.3) is 5.01 Å². The smallest absolute Gasteiger partial charge is 0.262 e. The highest BCUT2D eigenvalue weighted by atomic mass is 32.1. The SMILES string of the molecule is COc1cc(C=Cc2sc3ccccc3[n+]2C)ccc1O. The van der Waals surface area contributed by atoms with Crippen molar-refractivity contribution in [2.75, 3.05) is 7.11 Å². The molecule has 1 aromatic heterocycles. The topological polar surface area (TPSA) is 33.3 Å². The van der Waals surface area contributed by atoms with Crippen LogP contribution in [0, 0.1) is 0 Å². The summed E-state index contributed by atoms with van der Waals surface area (Å²) in [4.78, 5) is 0. The minimum Gasteiger partial charge on any atom is -0.504 e. The number of fused-ring (bicyclic) bond motifs is 1. The summed E-state index contributed by atoms with van der Waals surface area (Å²) in [6.45, 7) is 0. The second kappa shape index (κ2) is 5.58. The summed E-state index contributed by atoms with van der Waals surface area (Å²) < 4.78 is 8.56. The number of aryl methyl sites for hydroxylation is 1. The number of benzene rings is 2. The van der Waals surface area contributed by atoms with E-state index < -0.39 is 0 Å². The second-order valence-electron chi connectivity index (χ2n) is 4.73. The van der Waals surface area contributed by atoms with E-state index in [1.807, 2.05) is 24.3 Å². The van der Waals surface area contributed by atoms with E-state index in [-0.39, 0.29) is 5.75 Å². The number of aromatic nitrogens is 1. The highest BCUT2D eigenvalue weighted by Gasteiger charge is 2.13. The lowest BCUT2D eigenvalue weighted by molar-refractivity contribution is -0.642. The number of phenols is 1. The number of rotatable bonds is 3. The first-order valence-corrected chi connectivity index (χ1v) is 7.43. The lowest BCUT2D eigenvalue weighted by Gasteiger charge is -2.03. The van der Waals surface area contributed by atoms with Crippen LogP contribution >= 0.6 is 11.3 Å². The third-order valence-corrected chi connectivity index (χ3v) is 4.58. The Morgan fingerprint density at radius 2 is 1.95 bits per heavy atom. The first-order chi connectivity index (χ1) is 10.2. The summed E-state index contributed by atoms with van der Waals surface area (Å²) in [6, 6.07) is 13.7. The van der Waals surface area contributed by atoms with Gasteiger partial charge in [-0.05, 0) is 29.8 Å². The number of aromatic hydroxyl groups is 1. The van der Waals surface area contributed by atoms with Crippen molar-refractivity contribution >= 4 is 33.7 Å². The van der Waals surface area contributed by atoms with E-state index in [0.717, 1.165) is 5.56 Å². The Bertz CT molecular complexity index is 821. The van der Waals surface area contributed by atoms with Crippen LogP contribution in [-0.4, -0.2) is 12.2 Å². The van der Waals surface area contributed by atoms with E-state index in [1.54, 1.807) is 24.5 Å². The first kappa shape index (κ1) is 13.6. The molecular formula is C17H16NO2S+. The van der Waals surface area contributed by atoms with E-state index in [9.17, 15) is 5.11 Å². The van der Waals surface area contributed by atoms with Crippen LogP contribution in [0.15, 0.2) is 42.5 Å². The van der Waals surface area contributed by atoms with Crippen molar-refractivity contribution in [2.24, 2.45) is 7.05 Å². The van der Waals surface area contributed by atoms with Gasteiger partial charge < -0.3 is 9.84 Å². The second-order valence-corrected chi connectivity index (χ2v) is 5.79. The van der Waals surface area contributed by atoms with Gasteiger partial charge in [-0.25, -0.2) is 0 Å². The molecule has 1 heterocycles. The molecule has 3 aromatic rings. The van der Waals surface area contributed by atoms with Crippen molar-refractivity contribution < 1.29 is 14.4 Å². The maximum absolute atomic E-state index is 9.61. The molecule has 0 aliphatic heterocycles. The molecule has 21 heavy (non-hydrogen) atoms. The Morgan fingerprint density at radius 1 is 1.14 bits per heavy atom. The fourth-order valence-electron chi connectivity index (χ4n) is 2.23. The molecule has 0 aliphatic carbocycles. The molecule has 0 saturated carbocycles. The third kappa shape index (κ3) is 2.62. The minimum atomic E-state index is 0.155. The van der Waals surface area contributed by atoms with Crippen LogP contribution in [-0.2, 0) is 7.05 Å². The molecule has 0 unspecified atom stereocenters. The molecule has 0 spiro atoms. The quantitative estimate of drug-likeness (QED) is 0.749. The first-order valence-electron chi connectivity index (χ1n) is 6.61. The largest absolute Gasteiger partial charge is 0.504 e. The van der Waals surface area contributed by atoms with Crippen molar-refractivity contribution in [3.05, 3.63) is 53.0 Å². The summed E-state index contributed by atoms with van der Waals surface area (Å²) >= 11 is 1.75. The van der Waals surface area contributed by atoms with Crippen LogP contribution in [0.3, 0.4) is 0 Å². The summed E-state index contributed by atoms with van der Waals surface area (Å²) in [5, 5.41) is 10.8. The van der Waals surface area contributed by atoms with Gasteiger partial charge in [0.2, 0.25) is 5.52 Å². The maximum Gasteiger partial charge on any atom is 0.262 e. The Labute approximate surface area is 127 Å². The number of phenolic OH excluding ortho intramolecular Hbond substituents is 1. The zero-order chi connectivity index (χ0) is 14.8. The predicted molar refractivity (Wildman–Crippen MR) is 86.6 cm³/mol. The van der Waals surface area contributed by atoms with Gasteiger partial charge >= 0.3 is 0 Å². The van der Waals surface area contributed by atoms with Crippen LogP contribution in [0.25, 0.3) is 22.4 Å². The van der Waals surface area contributed by atoms with Crippen molar-refractivity contribution in [3.8, 4) is 11.5 Å². The summed E-state index contributed by atoms with van der Waals surface area (Å²) in [7, 11) is 3.62. The Hall–Kier alpha value is -2.33. The Balaban J connectivity index is 1.96. The zero-order valence-corrected chi connectivity index (χ0v) is 12.7. The average molecular weight is 298 g/mol. The van der Waals surface area contributed by atoms with Gasteiger partial charge in [0.15, 0.2) is 11.5 Å². The number of ether oxygens (including phenoxy) is 1. The minimum absolute atomic E-state index is 0.155. The van der Waals surface area contributed by atoms with Crippen LogP contribution < -0.4 is 9.30 Å². The van der Waals surface area contributed by atoms with Gasteiger partial charge in [-0.3, -0.25) is 0 Å². The van der Waals surface area contributed by atoms with Gasteiger partial charge in [-0.1, -0.05) is 29.5 Å². The highest BCUT2D eigenvalue weighted by Crippen LogP contribution is 2.27. The number of nitrogens with zero attached hydrogens (tertiary/aromatic N) is 1. The van der Waals surface area contributed by atoms with Gasteiger partial charge in [0.1, 0.15) is 11.7 Å². The van der Waals surface area contributed by atoms with E-state index in [1.165, 1.54) is 15.2 Å². The van der Waals surface area contributed by atoms with E-state index >= 15 is 0 Å². The fourth-order valence-corrected chi connectivity index (χ4v) is 3.28. The number of methoxy groups -OCH3 is 1. The van der Waals surface area contributed by atoms with Gasteiger partial charge in [0, 0.05) is 12.1 Å². The lowest BCUT2D eigenvalue weighted by atomic mass is 10.2. The Morgan fingerprint density at radius 3 is 2.71 bits per heavy atom. The molecule has 0 radical (unpaired) electrons. The molecule has 0 aliphatic rings. The number of hydrogen-bond donors (Lipinski definition) is 1. The molecule has 2 aromatic carbocycles. The van der Waals surface area contributed by atoms with Gasteiger partial charge in [-0.2, -0.15) is 4.57 Å². The van der Waals surface area contributed by atoms with Crippen molar-refractivity contribution in [2.45, 2.75) is 0 Å². The molecule has 0 fully saturated rings. The van der Waals surface area contributed by atoms with E-state index in [2.05, 4.69) is 35.9 Å². The fraction of sp³-hybridized carbons (Fsp3) is 0.118. The molecular weight excluding hydrogens is 282 g/mol. The number of hydrogen-bond acceptors (Lipinski definition) is 3. The summed E-state index contributed by atoms with van der Waals surface area (Å²) in [5.74, 6) is 0.639. The van der Waals surface area contributed by atoms with Crippen molar-refractivity contribution in [3.63, 3.8) is 0 Å². The summed E-state index contributed by atoms with van der Waals surface area (Å²) in [5.41, 5.74) is 2.22. The summed E-state index contributed by atoms with van der Waals surface area (Å²) in [6.07, 6.45) is 4.10. The van der Waals surface area contributed by atoms with Gasteiger partial charge in [-0.15, -0.1) is 0 Å². The van der Waals surface area contributed by atoms with Crippen LogP contribution in [0.5, 0.6) is 11.5 Å². The van der Waals surface area contributed by atoms with Crippen LogP contribution in [0.1, 0.15) is 10.6 Å². The Kier molecular flexibility index (Phi) is 3.62. The molecule has 1 N–H and O–H groups in total. The molecule has 0 bridgehead atoms. The number of thiazole rings is 1. The molecule has 3 rings (SSSR count). The van der Waals surface area contributed by atoms with Crippen molar-refractivity contribution in [1.82, 2.24) is 0 Å². The molecule has 0 amide bonds. The highest BCUT2D eigenvalue weighted by molar-refractivity contribution is 7.18. The van der Waals surface area contributed by atoms with E-state index in [0.29, 0.717) is 5.75 Å². The monoisotopic (exact) mass is 298 g/mol. The molecule has 0 saturated heterocycles.